The van der Waals surface area contributed by atoms with Crippen LogP contribution in [0.1, 0.15) is 30.9 Å². The minimum Gasteiger partial charge on any atom is -0.370 e. The second-order valence-electron chi connectivity index (χ2n) is 6.11. The van der Waals surface area contributed by atoms with Crippen LogP contribution in [0.4, 0.5) is 11.5 Å². The van der Waals surface area contributed by atoms with Gasteiger partial charge in [-0.05, 0) is 38.4 Å². The van der Waals surface area contributed by atoms with Crippen molar-refractivity contribution in [1.29, 1.82) is 0 Å². The standard InChI is InChI=1S/C17H24N6O.2ClH/c1-18-16(13-10-20-22(2)12-13)17(24)21-15-7-6-14(11-19-15)23-8-4-3-5-9-23;;/h6-7,10-12,16,18H,3-5,8-9H2,1-2H3,(H,19,21,24);2*1H. The van der Waals surface area contributed by atoms with Gasteiger partial charge in [0.05, 0.1) is 18.1 Å². The second kappa shape index (κ2) is 10.4. The van der Waals surface area contributed by atoms with Gasteiger partial charge in [-0.2, -0.15) is 5.10 Å². The molecule has 1 amide bonds. The van der Waals surface area contributed by atoms with Crippen molar-refractivity contribution in [2.75, 3.05) is 30.4 Å². The highest BCUT2D eigenvalue weighted by atomic mass is 35.5. The van der Waals surface area contributed by atoms with Crippen LogP contribution in [0.5, 0.6) is 0 Å². The van der Waals surface area contributed by atoms with Crippen LogP contribution in [0.2, 0.25) is 0 Å². The van der Waals surface area contributed by atoms with Gasteiger partial charge in [0.1, 0.15) is 11.9 Å². The molecule has 0 radical (unpaired) electrons. The van der Waals surface area contributed by atoms with Crippen molar-refractivity contribution in [3.63, 3.8) is 0 Å². The van der Waals surface area contributed by atoms with Gasteiger partial charge < -0.3 is 15.5 Å². The predicted molar refractivity (Wildman–Crippen MR) is 108 cm³/mol. The van der Waals surface area contributed by atoms with Gasteiger partial charge in [-0.25, -0.2) is 4.98 Å². The van der Waals surface area contributed by atoms with E-state index in [1.807, 2.05) is 31.6 Å². The first kappa shape index (κ1) is 22.2. The van der Waals surface area contributed by atoms with E-state index < -0.39 is 6.04 Å². The number of aromatic nitrogens is 3. The Hall–Kier alpha value is -1.83. The Labute approximate surface area is 166 Å². The average Bonchev–Trinajstić information content (AvgIpc) is 3.03. The summed E-state index contributed by atoms with van der Waals surface area (Å²) < 4.78 is 1.68. The maximum absolute atomic E-state index is 12.5. The fraction of sp³-hybridized carbons (Fsp3) is 0.471. The summed E-state index contributed by atoms with van der Waals surface area (Å²) in [6.45, 7) is 2.16. The molecule has 2 N–H and O–H groups in total. The molecule has 7 nitrogen and oxygen atoms in total. The summed E-state index contributed by atoms with van der Waals surface area (Å²) in [6.07, 6.45) is 9.11. The monoisotopic (exact) mass is 400 g/mol. The number of carbonyl (C=O) groups is 1. The van der Waals surface area contributed by atoms with E-state index in [1.54, 1.807) is 17.9 Å². The second-order valence-corrected chi connectivity index (χ2v) is 6.11. The van der Waals surface area contributed by atoms with Crippen LogP contribution in [0, 0.1) is 0 Å². The first-order valence-electron chi connectivity index (χ1n) is 8.35. The maximum atomic E-state index is 12.5. The number of nitrogens with one attached hydrogen (secondary N) is 2. The molecule has 0 bridgehead atoms. The number of pyridine rings is 1. The van der Waals surface area contributed by atoms with Crippen LogP contribution in [0.15, 0.2) is 30.7 Å². The van der Waals surface area contributed by atoms with Gasteiger partial charge in [0.2, 0.25) is 5.91 Å². The molecule has 26 heavy (non-hydrogen) atoms. The Morgan fingerprint density at radius 2 is 1.88 bits per heavy atom. The molecule has 0 saturated carbocycles. The lowest BCUT2D eigenvalue weighted by molar-refractivity contribution is -0.118. The number of carbonyl (C=O) groups excluding carboxylic acids is 1. The van der Waals surface area contributed by atoms with Crippen LogP contribution >= 0.6 is 24.8 Å². The van der Waals surface area contributed by atoms with Crippen LogP contribution < -0.4 is 15.5 Å². The topological polar surface area (TPSA) is 75.1 Å². The van der Waals surface area contributed by atoms with Crippen LogP contribution in [0.25, 0.3) is 0 Å². The summed E-state index contributed by atoms with van der Waals surface area (Å²) in [5.74, 6) is 0.411. The van der Waals surface area contributed by atoms with E-state index in [1.165, 1.54) is 19.3 Å². The van der Waals surface area contributed by atoms with E-state index in [0.29, 0.717) is 5.82 Å². The Bertz CT molecular complexity index is 685. The zero-order valence-corrected chi connectivity index (χ0v) is 16.6. The third-order valence-electron chi connectivity index (χ3n) is 4.33. The SMILES string of the molecule is CNC(C(=O)Nc1ccc(N2CCCCC2)cn1)c1cnn(C)c1.Cl.Cl. The molecule has 3 rings (SSSR count). The first-order valence-corrected chi connectivity index (χ1v) is 8.35. The van der Waals surface area contributed by atoms with Crippen molar-refractivity contribution in [3.8, 4) is 0 Å². The summed E-state index contributed by atoms with van der Waals surface area (Å²) in [4.78, 5) is 19.2. The van der Waals surface area contributed by atoms with E-state index in [4.69, 9.17) is 0 Å². The molecular weight excluding hydrogens is 375 g/mol. The molecule has 1 atom stereocenters. The molecule has 144 valence electrons. The third kappa shape index (κ3) is 5.33. The Morgan fingerprint density at radius 1 is 1.15 bits per heavy atom. The first-order chi connectivity index (χ1) is 11.7. The Morgan fingerprint density at radius 3 is 2.42 bits per heavy atom. The molecular formula is C17H26Cl2N6O. The van der Waals surface area contributed by atoms with E-state index in [0.717, 1.165) is 24.3 Å². The summed E-state index contributed by atoms with van der Waals surface area (Å²) in [7, 11) is 3.58. The molecule has 2 aromatic heterocycles. The van der Waals surface area contributed by atoms with Gasteiger partial charge in [0, 0.05) is 31.9 Å². The third-order valence-corrected chi connectivity index (χ3v) is 4.33. The fourth-order valence-electron chi connectivity index (χ4n) is 3.04. The Kier molecular flexibility index (Phi) is 8.84. The van der Waals surface area contributed by atoms with Crippen LogP contribution in [-0.4, -0.2) is 40.8 Å². The van der Waals surface area contributed by atoms with Gasteiger partial charge in [-0.3, -0.25) is 9.48 Å². The number of hydrogen-bond acceptors (Lipinski definition) is 5. The molecule has 3 heterocycles. The maximum Gasteiger partial charge on any atom is 0.247 e. The number of anilines is 2. The lowest BCUT2D eigenvalue weighted by Gasteiger charge is -2.28. The molecule has 1 fully saturated rings. The molecule has 0 aliphatic carbocycles. The number of likely N-dealkylation sites (N-methyl/N-ethyl adjacent to an activating group) is 1. The summed E-state index contributed by atoms with van der Waals surface area (Å²) in [5, 5.41) is 9.99. The lowest BCUT2D eigenvalue weighted by Crippen LogP contribution is -2.31. The molecule has 1 unspecified atom stereocenters. The van der Waals surface area contributed by atoms with Crippen molar-refractivity contribution in [2.45, 2.75) is 25.3 Å². The van der Waals surface area contributed by atoms with Gasteiger partial charge in [-0.15, -0.1) is 24.8 Å². The van der Waals surface area contributed by atoms with E-state index >= 15 is 0 Å². The smallest absolute Gasteiger partial charge is 0.247 e. The summed E-state index contributed by atoms with van der Waals surface area (Å²) >= 11 is 0. The molecule has 2 aromatic rings. The lowest BCUT2D eigenvalue weighted by atomic mass is 10.1. The van der Waals surface area contributed by atoms with Crippen molar-refractivity contribution in [3.05, 3.63) is 36.3 Å². The van der Waals surface area contributed by atoms with Crippen LogP contribution in [0.3, 0.4) is 0 Å². The van der Waals surface area contributed by atoms with E-state index in [-0.39, 0.29) is 30.7 Å². The molecule has 0 aromatic carbocycles. The van der Waals surface area contributed by atoms with Gasteiger partial charge in [0.25, 0.3) is 0 Å². The normalized spacial score (nSPS) is 14.8. The van der Waals surface area contributed by atoms with Crippen molar-refractivity contribution >= 4 is 42.2 Å². The molecule has 0 spiro atoms. The number of amides is 1. The van der Waals surface area contributed by atoms with E-state index in [9.17, 15) is 4.79 Å². The minimum atomic E-state index is -0.456. The van der Waals surface area contributed by atoms with Crippen LogP contribution in [-0.2, 0) is 11.8 Å². The number of piperidine rings is 1. The number of aryl methyl sites for hydroxylation is 1. The van der Waals surface area contributed by atoms with Gasteiger partial charge in [0.15, 0.2) is 0 Å². The predicted octanol–water partition coefficient (Wildman–Crippen LogP) is 2.55. The van der Waals surface area contributed by atoms with Crippen molar-refractivity contribution in [1.82, 2.24) is 20.1 Å². The molecule has 9 heteroatoms. The fourth-order valence-corrected chi connectivity index (χ4v) is 3.04. The highest BCUT2D eigenvalue weighted by molar-refractivity contribution is 5.94. The minimum absolute atomic E-state index is 0. The number of hydrogen-bond donors (Lipinski definition) is 2. The summed E-state index contributed by atoms with van der Waals surface area (Å²) in [5.41, 5.74) is 1.94. The van der Waals surface area contributed by atoms with Crippen molar-refractivity contribution in [2.24, 2.45) is 7.05 Å². The summed E-state index contributed by atoms with van der Waals surface area (Å²) in [6, 6.07) is 3.42. The zero-order chi connectivity index (χ0) is 16.9. The number of rotatable bonds is 5. The van der Waals surface area contributed by atoms with E-state index in [2.05, 4.69) is 25.6 Å². The zero-order valence-electron chi connectivity index (χ0n) is 15.0. The largest absolute Gasteiger partial charge is 0.370 e. The highest BCUT2D eigenvalue weighted by Gasteiger charge is 2.20. The average molecular weight is 401 g/mol. The Balaban J connectivity index is 0.00000169. The quantitative estimate of drug-likeness (QED) is 0.806. The molecule has 1 aliphatic heterocycles. The number of nitrogens with zero attached hydrogens (tertiary/aromatic N) is 4. The highest BCUT2D eigenvalue weighted by Crippen LogP contribution is 2.20. The van der Waals surface area contributed by atoms with Gasteiger partial charge >= 0.3 is 0 Å². The molecule has 1 saturated heterocycles. The van der Waals surface area contributed by atoms with Crippen molar-refractivity contribution < 1.29 is 4.79 Å². The number of halogens is 2. The molecule has 1 aliphatic rings. The van der Waals surface area contributed by atoms with Gasteiger partial charge in [-0.1, -0.05) is 0 Å².